The molecule has 0 aliphatic carbocycles. The average molecular weight is 403 g/mol. The summed E-state index contributed by atoms with van der Waals surface area (Å²) < 4.78 is 31.4. The van der Waals surface area contributed by atoms with Gasteiger partial charge in [-0.05, 0) is 37.4 Å². The molecule has 9 heteroatoms. The Kier molecular flexibility index (Phi) is 6.08. The highest BCUT2D eigenvalue weighted by Crippen LogP contribution is 2.20. The van der Waals surface area contributed by atoms with Crippen LogP contribution in [0.15, 0.2) is 53.4 Å². The number of hydrogen-bond donors (Lipinski definition) is 2. The van der Waals surface area contributed by atoms with Crippen molar-refractivity contribution in [2.45, 2.75) is 4.90 Å². The Morgan fingerprint density at radius 2 is 1.75 bits per heavy atom. The summed E-state index contributed by atoms with van der Waals surface area (Å²) in [5, 5.41) is 2.71. The van der Waals surface area contributed by atoms with E-state index in [0.717, 1.165) is 0 Å². The van der Waals surface area contributed by atoms with E-state index in [-0.39, 0.29) is 16.4 Å². The third-order valence-electron chi connectivity index (χ3n) is 4.38. The van der Waals surface area contributed by atoms with Crippen molar-refractivity contribution < 1.29 is 22.7 Å². The second kappa shape index (κ2) is 8.51. The minimum absolute atomic E-state index is 0.0136. The SMILES string of the molecule is CNS(=O)(=O)c1cccc(C(=O)Nc2ccccc2C(=O)N2CCOCC2)c1. The summed E-state index contributed by atoms with van der Waals surface area (Å²) in [7, 11) is -2.36. The molecule has 3 rings (SSSR count). The van der Waals surface area contributed by atoms with Gasteiger partial charge in [-0.1, -0.05) is 18.2 Å². The third kappa shape index (κ3) is 4.38. The van der Waals surface area contributed by atoms with Gasteiger partial charge < -0.3 is 15.0 Å². The van der Waals surface area contributed by atoms with Crippen molar-refractivity contribution in [1.29, 1.82) is 0 Å². The van der Waals surface area contributed by atoms with E-state index in [1.54, 1.807) is 29.2 Å². The Morgan fingerprint density at radius 1 is 1.04 bits per heavy atom. The number of anilines is 1. The normalized spacial score (nSPS) is 14.5. The largest absolute Gasteiger partial charge is 0.378 e. The average Bonchev–Trinajstić information content (AvgIpc) is 2.74. The molecule has 1 aliphatic heterocycles. The Hall–Kier alpha value is -2.75. The summed E-state index contributed by atoms with van der Waals surface area (Å²) in [5.74, 6) is -0.693. The molecule has 0 bridgehead atoms. The van der Waals surface area contributed by atoms with Crippen LogP contribution < -0.4 is 10.0 Å². The molecule has 0 aromatic heterocycles. The zero-order chi connectivity index (χ0) is 20.1. The molecule has 0 atom stereocenters. The maximum absolute atomic E-state index is 12.8. The summed E-state index contributed by atoms with van der Waals surface area (Å²) in [6, 6.07) is 12.4. The number of sulfonamides is 1. The topological polar surface area (TPSA) is 105 Å². The molecule has 1 saturated heterocycles. The van der Waals surface area contributed by atoms with E-state index in [1.807, 2.05) is 0 Å². The van der Waals surface area contributed by atoms with Gasteiger partial charge >= 0.3 is 0 Å². The first-order valence-corrected chi connectivity index (χ1v) is 10.2. The summed E-state index contributed by atoms with van der Waals surface area (Å²) in [4.78, 5) is 27.1. The van der Waals surface area contributed by atoms with Crippen LogP contribution in [0.2, 0.25) is 0 Å². The predicted octanol–water partition coefficient (Wildman–Crippen LogP) is 1.32. The molecule has 8 nitrogen and oxygen atoms in total. The van der Waals surface area contributed by atoms with E-state index in [9.17, 15) is 18.0 Å². The summed E-state index contributed by atoms with van der Waals surface area (Å²) >= 11 is 0. The first kappa shape index (κ1) is 20.0. The molecule has 1 heterocycles. The monoisotopic (exact) mass is 403 g/mol. The van der Waals surface area contributed by atoms with Crippen molar-refractivity contribution in [2.75, 3.05) is 38.7 Å². The van der Waals surface area contributed by atoms with Crippen LogP contribution in [-0.2, 0) is 14.8 Å². The smallest absolute Gasteiger partial charge is 0.256 e. The molecule has 2 aromatic rings. The molecule has 2 aromatic carbocycles. The number of ether oxygens (including phenoxy) is 1. The second-order valence-corrected chi connectivity index (χ2v) is 8.03. The Bertz CT molecular complexity index is 985. The fourth-order valence-corrected chi connectivity index (χ4v) is 3.61. The van der Waals surface area contributed by atoms with E-state index in [2.05, 4.69) is 10.0 Å². The fourth-order valence-electron chi connectivity index (χ4n) is 2.83. The van der Waals surface area contributed by atoms with E-state index >= 15 is 0 Å². The lowest BCUT2D eigenvalue weighted by Crippen LogP contribution is -2.41. The number of carbonyl (C=O) groups excluding carboxylic acids is 2. The van der Waals surface area contributed by atoms with Gasteiger partial charge in [-0.25, -0.2) is 13.1 Å². The molecule has 0 saturated carbocycles. The fraction of sp³-hybridized carbons (Fsp3) is 0.263. The van der Waals surface area contributed by atoms with Crippen molar-refractivity contribution in [3.05, 3.63) is 59.7 Å². The minimum Gasteiger partial charge on any atom is -0.378 e. The number of morpholine rings is 1. The lowest BCUT2D eigenvalue weighted by molar-refractivity contribution is 0.0303. The van der Waals surface area contributed by atoms with E-state index < -0.39 is 15.9 Å². The standard InChI is InChI=1S/C19H21N3O5S/c1-20-28(25,26)15-6-4-5-14(13-15)18(23)21-17-8-3-2-7-16(17)19(24)22-9-11-27-12-10-22/h2-8,13,20H,9-12H2,1H3,(H,21,23). The summed E-state index contributed by atoms with van der Waals surface area (Å²) in [6.07, 6.45) is 0. The van der Waals surface area contributed by atoms with Gasteiger partial charge in [0.2, 0.25) is 10.0 Å². The first-order valence-electron chi connectivity index (χ1n) is 8.73. The van der Waals surface area contributed by atoms with Crippen LogP contribution in [0.1, 0.15) is 20.7 Å². The van der Waals surface area contributed by atoms with Crippen LogP contribution in [0, 0.1) is 0 Å². The van der Waals surface area contributed by atoms with Gasteiger partial charge in [-0.2, -0.15) is 0 Å². The van der Waals surface area contributed by atoms with E-state index in [4.69, 9.17) is 4.74 Å². The molecule has 28 heavy (non-hydrogen) atoms. The van der Waals surface area contributed by atoms with Crippen LogP contribution in [-0.4, -0.2) is 58.5 Å². The highest BCUT2D eigenvalue weighted by atomic mass is 32.2. The zero-order valence-corrected chi connectivity index (χ0v) is 16.2. The Balaban J connectivity index is 1.84. The van der Waals surface area contributed by atoms with Gasteiger partial charge in [0.15, 0.2) is 0 Å². The number of carbonyl (C=O) groups is 2. The number of nitrogens with one attached hydrogen (secondary N) is 2. The summed E-state index contributed by atoms with van der Waals surface area (Å²) in [6.45, 7) is 1.94. The summed E-state index contributed by atoms with van der Waals surface area (Å²) in [5.41, 5.74) is 0.910. The highest BCUT2D eigenvalue weighted by Gasteiger charge is 2.22. The van der Waals surface area contributed by atoms with Crippen LogP contribution in [0.5, 0.6) is 0 Å². The number of benzene rings is 2. The third-order valence-corrected chi connectivity index (χ3v) is 5.79. The number of nitrogens with zero attached hydrogens (tertiary/aromatic N) is 1. The minimum atomic E-state index is -3.67. The van der Waals surface area contributed by atoms with Crippen LogP contribution in [0.4, 0.5) is 5.69 Å². The van der Waals surface area contributed by atoms with Gasteiger partial charge in [0.05, 0.1) is 29.4 Å². The molecule has 2 N–H and O–H groups in total. The molecule has 148 valence electrons. The van der Waals surface area contributed by atoms with Crippen molar-refractivity contribution in [3.63, 3.8) is 0 Å². The molecule has 1 fully saturated rings. The van der Waals surface area contributed by atoms with Crippen molar-refractivity contribution in [3.8, 4) is 0 Å². The lowest BCUT2D eigenvalue weighted by atomic mass is 10.1. The van der Waals surface area contributed by atoms with Crippen molar-refractivity contribution in [2.24, 2.45) is 0 Å². The number of hydrogen-bond acceptors (Lipinski definition) is 5. The van der Waals surface area contributed by atoms with Crippen molar-refractivity contribution >= 4 is 27.5 Å². The van der Waals surface area contributed by atoms with Crippen LogP contribution in [0.25, 0.3) is 0 Å². The van der Waals surface area contributed by atoms with Gasteiger partial charge in [0.25, 0.3) is 11.8 Å². The second-order valence-electron chi connectivity index (χ2n) is 6.14. The number of rotatable bonds is 5. The van der Waals surface area contributed by atoms with Gasteiger partial charge in [-0.15, -0.1) is 0 Å². The van der Waals surface area contributed by atoms with Gasteiger partial charge in [0.1, 0.15) is 0 Å². The quantitative estimate of drug-likeness (QED) is 0.783. The molecule has 0 unspecified atom stereocenters. The zero-order valence-electron chi connectivity index (χ0n) is 15.3. The molecular formula is C19H21N3O5S. The van der Waals surface area contributed by atoms with E-state index in [1.165, 1.54) is 31.3 Å². The molecule has 0 spiro atoms. The Labute approximate surface area is 163 Å². The van der Waals surface area contributed by atoms with Crippen LogP contribution in [0.3, 0.4) is 0 Å². The van der Waals surface area contributed by atoms with Gasteiger partial charge in [-0.3, -0.25) is 9.59 Å². The first-order chi connectivity index (χ1) is 13.4. The van der Waals surface area contributed by atoms with E-state index in [0.29, 0.717) is 37.6 Å². The lowest BCUT2D eigenvalue weighted by Gasteiger charge is -2.27. The Morgan fingerprint density at radius 3 is 2.46 bits per heavy atom. The molecule has 0 radical (unpaired) electrons. The van der Waals surface area contributed by atoms with Gasteiger partial charge in [0, 0.05) is 18.7 Å². The van der Waals surface area contributed by atoms with Crippen LogP contribution >= 0.6 is 0 Å². The predicted molar refractivity (Wildman–Crippen MR) is 104 cm³/mol. The highest BCUT2D eigenvalue weighted by molar-refractivity contribution is 7.89. The van der Waals surface area contributed by atoms with Crippen molar-refractivity contribution in [1.82, 2.24) is 9.62 Å². The number of para-hydroxylation sites is 1. The maximum atomic E-state index is 12.8. The molecule has 2 amide bonds. The molecular weight excluding hydrogens is 382 g/mol. The maximum Gasteiger partial charge on any atom is 0.256 e. The molecule has 1 aliphatic rings. The number of amides is 2.